The van der Waals surface area contributed by atoms with E-state index in [1.807, 2.05) is 25.1 Å². The van der Waals surface area contributed by atoms with Crippen LogP contribution in [0.5, 0.6) is 5.75 Å². The molecule has 2 aromatic rings. The van der Waals surface area contributed by atoms with Crippen molar-refractivity contribution in [1.29, 1.82) is 0 Å². The van der Waals surface area contributed by atoms with Gasteiger partial charge in [0.05, 0.1) is 5.69 Å². The van der Waals surface area contributed by atoms with Crippen LogP contribution in [0.3, 0.4) is 0 Å². The summed E-state index contributed by atoms with van der Waals surface area (Å²) in [5.41, 5.74) is 1.78. The van der Waals surface area contributed by atoms with Crippen LogP contribution < -0.4 is 10.1 Å². The molecule has 1 amide bonds. The van der Waals surface area contributed by atoms with Gasteiger partial charge < -0.3 is 10.1 Å². The Bertz CT molecular complexity index is 660. The number of hydrogen-bond donors (Lipinski definition) is 1. The number of carbonyl (C=O) groups excluding carboxylic acids is 1. The van der Waals surface area contributed by atoms with E-state index in [4.69, 9.17) is 16.3 Å². The van der Waals surface area contributed by atoms with Gasteiger partial charge in [-0.2, -0.15) is 0 Å². The van der Waals surface area contributed by atoms with Gasteiger partial charge in [-0.3, -0.25) is 4.79 Å². The first-order valence-corrected chi connectivity index (χ1v) is 7.62. The van der Waals surface area contributed by atoms with Crippen molar-refractivity contribution in [3.05, 3.63) is 57.5 Å². The minimum Gasteiger partial charge on any atom is -0.481 e. The van der Waals surface area contributed by atoms with E-state index in [1.165, 1.54) is 0 Å². The largest absolute Gasteiger partial charge is 0.481 e. The Labute approximate surface area is 137 Å². The van der Waals surface area contributed by atoms with Crippen molar-refractivity contribution in [2.75, 3.05) is 5.32 Å². The van der Waals surface area contributed by atoms with Gasteiger partial charge in [-0.25, -0.2) is 0 Å². The first kappa shape index (κ1) is 15.9. The Morgan fingerprint density at radius 1 is 1.29 bits per heavy atom. The van der Waals surface area contributed by atoms with Crippen molar-refractivity contribution in [3.8, 4) is 5.75 Å². The van der Waals surface area contributed by atoms with Crippen LogP contribution in [0, 0.1) is 6.92 Å². The lowest BCUT2D eigenvalue weighted by molar-refractivity contribution is -0.122. The summed E-state index contributed by atoms with van der Waals surface area (Å²) in [7, 11) is 0. The van der Waals surface area contributed by atoms with Crippen LogP contribution in [0.4, 0.5) is 5.69 Å². The summed E-state index contributed by atoms with van der Waals surface area (Å²) < 4.78 is 6.46. The molecule has 5 heteroatoms. The van der Waals surface area contributed by atoms with Crippen molar-refractivity contribution in [2.45, 2.75) is 20.0 Å². The van der Waals surface area contributed by atoms with Gasteiger partial charge in [-0.1, -0.05) is 29.8 Å². The molecule has 0 aliphatic rings. The molecule has 0 aliphatic heterocycles. The van der Waals surface area contributed by atoms with Crippen molar-refractivity contribution < 1.29 is 9.53 Å². The second-order valence-electron chi connectivity index (χ2n) is 4.64. The maximum Gasteiger partial charge on any atom is 0.265 e. The van der Waals surface area contributed by atoms with Crippen molar-refractivity contribution in [3.63, 3.8) is 0 Å². The van der Waals surface area contributed by atoms with Gasteiger partial charge in [-0.05, 0) is 59.6 Å². The first-order chi connectivity index (χ1) is 9.97. The molecule has 0 aliphatic carbocycles. The first-order valence-electron chi connectivity index (χ1n) is 6.45. The molecule has 2 aromatic carbocycles. The Morgan fingerprint density at radius 2 is 2.00 bits per heavy atom. The van der Waals surface area contributed by atoms with E-state index < -0.39 is 6.10 Å². The summed E-state index contributed by atoms with van der Waals surface area (Å²) >= 11 is 9.35. The van der Waals surface area contributed by atoms with Gasteiger partial charge in [-0.15, -0.1) is 0 Å². The average molecular weight is 369 g/mol. The van der Waals surface area contributed by atoms with E-state index in [-0.39, 0.29) is 5.91 Å². The summed E-state index contributed by atoms with van der Waals surface area (Å²) in [6.07, 6.45) is -0.629. The van der Waals surface area contributed by atoms with Gasteiger partial charge >= 0.3 is 0 Å². The Balaban J connectivity index is 2.04. The number of anilines is 1. The molecule has 0 spiro atoms. The Morgan fingerprint density at radius 3 is 2.71 bits per heavy atom. The smallest absolute Gasteiger partial charge is 0.265 e. The average Bonchev–Trinajstić information content (AvgIpc) is 2.44. The third-order valence-electron chi connectivity index (χ3n) is 2.93. The van der Waals surface area contributed by atoms with Crippen LogP contribution in [-0.2, 0) is 4.79 Å². The molecule has 110 valence electrons. The summed E-state index contributed by atoms with van der Waals surface area (Å²) in [4.78, 5) is 12.2. The van der Waals surface area contributed by atoms with Crippen LogP contribution in [0.25, 0.3) is 0 Å². The molecule has 0 heterocycles. The van der Waals surface area contributed by atoms with E-state index >= 15 is 0 Å². The SMILES string of the molecule is Cc1cccc(NC(=O)C(C)Oc2cccc(Cl)c2)c1Br. The number of ether oxygens (including phenoxy) is 1. The van der Waals surface area contributed by atoms with E-state index in [1.54, 1.807) is 31.2 Å². The maximum absolute atomic E-state index is 12.2. The van der Waals surface area contributed by atoms with Crippen LogP contribution >= 0.6 is 27.5 Å². The number of benzene rings is 2. The fourth-order valence-electron chi connectivity index (χ4n) is 1.78. The normalized spacial score (nSPS) is 11.8. The predicted octanol–water partition coefficient (Wildman–Crippen LogP) is 4.82. The van der Waals surface area contributed by atoms with E-state index in [0.29, 0.717) is 10.8 Å². The molecule has 0 saturated carbocycles. The fourth-order valence-corrected chi connectivity index (χ4v) is 2.32. The van der Waals surface area contributed by atoms with E-state index in [0.717, 1.165) is 15.7 Å². The lowest BCUT2D eigenvalue weighted by Gasteiger charge is -2.16. The third kappa shape index (κ3) is 4.22. The number of nitrogens with one attached hydrogen (secondary N) is 1. The molecule has 3 nitrogen and oxygen atoms in total. The molecular weight excluding hydrogens is 354 g/mol. The van der Waals surface area contributed by atoms with Crippen molar-refractivity contribution in [1.82, 2.24) is 0 Å². The number of rotatable bonds is 4. The van der Waals surface area contributed by atoms with Gasteiger partial charge in [0.1, 0.15) is 5.75 Å². The van der Waals surface area contributed by atoms with Gasteiger partial charge in [0.2, 0.25) is 0 Å². The van der Waals surface area contributed by atoms with Crippen LogP contribution in [0.1, 0.15) is 12.5 Å². The van der Waals surface area contributed by atoms with E-state index in [9.17, 15) is 4.79 Å². The third-order valence-corrected chi connectivity index (χ3v) is 4.22. The van der Waals surface area contributed by atoms with Crippen LogP contribution in [0.2, 0.25) is 5.02 Å². The summed E-state index contributed by atoms with van der Waals surface area (Å²) in [5, 5.41) is 3.41. The number of hydrogen-bond acceptors (Lipinski definition) is 2. The zero-order chi connectivity index (χ0) is 15.4. The second-order valence-corrected chi connectivity index (χ2v) is 5.87. The summed E-state index contributed by atoms with van der Waals surface area (Å²) in [5.74, 6) is 0.342. The Kier molecular flexibility index (Phi) is 5.26. The zero-order valence-corrected chi connectivity index (χ0v) is 14.0. The van der Waals surface area contributed by atoms with Gasteiger partial charge in [0.25, 0.3) is 5.91 Å². The highest BCUT2D eigenvalue weighted by molar-refractivity contribution is 9.10. The van der Waals surface area contributed by atoms with Crippen LogP contribution in [-0.4, -0.2) is 12.0 Å². The monoisotopic (exact) mass is 367 g/mol. The Hall–Kier alpha value is -1.52. The fraction of sp³-hybridized carbons (Fsp3) is 0.188. The number of carbonyl (C=O) groups is 1. The molecule has 0 aromatic heterocycles. The molecule has 1 N–H and O–H groups in total. The van der Waals surface area contributed by atoms with Crippen LogP contribution in [0.15, 0.2) is 46.9 Å². The summed E-state index contributed by atoms with van der Waals surface area (Å²) in [6.45, 7) is 3.66. The minimum atomic E-state index is -0.629. The van der Waals surface area contributed by atoms with E-state index in [2.05, 4.69) is 21.2 Å². The predicted molar refractivity (Wildman–Crippen MR) is 89.1 cm³/mol. The molecular formula is C16H15BrClNO2. The highest BCUT2D eigenvalue weighted by Crippen LogP contribution is 2.26. The summed E-state index contributed by atoms with van der Waals surface area (Å²) in [6, 6.07) is 12.7. The number of amides is 1. The second kappa shape index (κ2) is 6.96. The topological polar surface area (TPSA) is 38.3 Å². The number of aryl methyl sites for hydroxylation is 1. The molecule has 0 radical (unpaired) electrons. The molecule has 1 unspecified atom stereocenters. The quantitative estimate of drug-likeness (QED) is 0.840. The maximum atomic E-state index is 12.2. The van der Waals surface area contributed by atoms with Gasteiger partial charge in [0, 0.05) is 9.50 Å². The highest BCUT2D eigenvalue weighted by atomic mass is 79.9. The molecule has 0 saturated heterocycles. The molecule has 1 atom stereocenters. The molecule has 21 heavy (non-hydrogen) atoms. The molecule has 0 fully saturated rings. The molecule has 0 bridgehead atoms. The standard InChI is InChI=1S/C16H15BrClNO2/c1-10-5-3-8-14(15(10)17)19-16(20)11(2)21-13-7-4-6-12(18)9-13/h3-9,11H,1-2H3,(H,19,20). The van der Waals surface area contributed by atoms with Crippen molar-refractivity contribution >= 4 is 39.1 Å². The lowest BCUT2D eigenvalue weighted by atomic mass is 10.2. The molecule has 2 rings (SSSR count). The number of halogens is 2. The van der Waals surface area contributed by atoms with Crippen molar-refractivity contribution in [2.24, 2.45) is 0 Å². The van der Waals surface area contributed by atoms with Gasteiger partial charge in [0.15, 0.2) is 6.10 Å². The lowest BCUT2D eigenvalue weighted by Crippen LogP contribution is -2.30. The minimum absolute atomic E-state index is 0.221. The highest BCUT2D eigenvalue weighted by Gasteiger charge is 2.16. The zero-order valence-electron chi connectivity index (χ0n) is 11.7.